The van der Waals surface area contributed by atoms with Gasteiger partial charge in [-0.1, -0.05) is 60.4 Å². The van der Waals surface area contributed by atoms with Crippen molar-refractivity contribution < 1.29 is 5.11 Å². The molecule has 1 atom stereocenters. The molecular formula is C15H12O. The van der Waals surface area contributed by atoms with Crippen molar-refractivity contribution in [1.82, 2.24) is 0 Å². The monoisotopic (exact) mass is 208 g/mol. The van der Waals surface area contributed by atoms with Crippen molar-refractivity contribution in [2.75, 3.05) is 0 Å². The molecule has 1 N–H and O–H groups in total. The van der Waals surface area contributed by atoms with E-state index in [4.69, 9.17) is 0 Å². The van der Waals surface area contributed by atoms with Gasteiger partial charge in [0.2, 0.25) is 0 Å². The van der Waals surface area contributed by atoms with Crippen LogP contribution >= 0.6 is 0 Å². The highest BCUT2D eigenvalue weighted by Gasteiger charge is 2.00. The number of aliphatic hydroxyl groups is 1. The van der Waals surface area contributed by atoms with Gasteiger partial charge in [0, 0.05) is 5.56 Å². The molecule has 0 amide bonds. The molecule has 0 saturated heterocycles. The standard InChI is InChI=1S/C15H12O/c16-15(14-9-5-2-6-10-14)12-11-13-7-3-1-4-8-13/h1-10,15-16H/t15-/m0/s1. The van der Waals surface area contributed by atoms with Crippen LogP contribution in [0.5, 0.6) is 0 Å². The first kappa shape index (κ1) is 10.5. The fourth-order valence-corrected chi connectivity index (χ4v) is 1.39. The lowest BCUT2D eigenvalue weighted by atomic mass is 10.1. The maximum absolute atomic E-state index is 9.81. The van der Waals surface area contributed by atoms with Gasteiger partial charge in [-0.3, -0.25) is 0 Å². The molecule has 0 saturated carbocycles. The second kappa shape index (κ2) is 5.16. The number of aliphatic hydroxyl groups excluding tert-OH is 1. The van der Waals surface area contributed by atoms with Gasteiger partial charge in [0.05, 0.1) is 0 Å². The van der Waals surface area contributed by atoms with Crippen LogP contribution in [0.15, 0.2) is 60.7 Å². The van der Waals surface area contributed by atoms with Crippen LogP contribution in [0.3, 0.4) is 0 Å². The average molecular weight is 208 g/mol. The van der Waals surface area contributed by atoms with Crippen molar-refractivity contribution in [3.8, 4) is 11.8 Å². The van der Waals surface area contributed by atoms with Gasteiger partial charge in [-0.05, 0) is 17.7 Å². The Morgan fingerprint density at radius 3 is 2.00 bits per heavy atom. The van der Waals surface area contributed by atoms with E-state index >= 15 is 0 Å². The molecule has 2 aromatic carbocycles. The quantitative estimate of drug-likeness (QED) is 0.714. The summed E-state index contributed by atoms with van der Waals surface area (Å²) in [5.74, 6) is 5.76. The van der Waals surface area contributed by atoms with Crippen molar-refractivity contribution in [3.63, 3.8) is 0 Å². The van der Waals surface area contributed by atoms with Gasteiger partial charge in [0.25, 0.3) is 0 Å². The summed E-state index contributed by atoms with van der Waals surface area (Å²) in [6, 6.07) is 19.1. The Kier molecular flexibility index (Phi) is 3.38. The summed E-state index contributed by atoms with van der Waals surface area (Å²) in [6.45, 7) is 0. The van der Waals surface area contributed by atoms with Crippen LogP contribution in [-0.2, 0) is 0 Å². The number of hydrogen-bond acceptors (Lipinski definition) is 1. The fraction of sp³-hybridized carbons (Fsp3) is 0.0667. The second-order valence-electron chi connectivity index (χ2n) is 3.45. The first-order chi connectivity index (χ1) is 7.86. The molecule has 0 bridgehead atoms. The summed E-state index contributed by atoms with van der Waals surface area (Å²) in [6.07, 6.45) is -0.721. The zero-order valence-corrected chi connectivity index (χ0v) is 8.80. The predicted molar refractivity (Wildman–Crippen MR) is 64.7 cm³/mol. The van der Waals surface area contributed by atoms with E-state index in [2.05, 4.69) is 11.8 Å². The molecule has 0 aliphatic rings. The molecule has 78 valence electrons. The molecule has 1 nitrogen and oxygen atoms in total. The summed E-state index contributed by atoms with van der Waals surface area (Å²) in [5, 5.41) is 9.81. The minimum Gasteiger partial charge on any atom is -0.376 e. The lowest BCUT2D eigenvalue weighted by Gasteiger charge is -2.01. The molecule has 1 heteroatoms. The smallest absolute Gasteiger partial charge is 0.140 e. The number of rotatable bonds is 1. The molecule has 0 spiro atoms. The van der Waals surface area contributed by atoms with Crippen LogP contribution in [-0.4, -0.2) is 5.11 Å². The largest absolute Gasteiger partial charge is 0.376 e. The molecule has 2 rings (SSSR count). The molecule has 0 radical (unpaired) electrons. The van der Waals surface area contributed by atoms with E-state index in [9.17, 15) is 5.11 Å². The number of benzene rings is 2. The third-order valence-corrected chi connectivity index (χ3v) is 2.24. The molecule has 0 fully saturated rings. The maximum Gasteiger partial charge on any atom is 0.140 e. The summed E-state index contributed by atoms with van der Waals surface area (Å²) < 4.78 is 0. The molecular weight excluding hydrogens is 196 g/mol. The van der Waals surface area contributed by atoms with E-state index in [1.165, 1.54) is 0 Å². The highest BCUT2D eigenvalue weighted by molar-refractivity contribution is 5.36. The maximum atomic E-state index is 9.81. The molecule has 0 aliphatic carbocycles. The third kappa shape index (κ3) is 2.73. The van der Waals surface area contributed by atoms with E-state index in [1.807, 2.05) is 60.7 Å². The topological polar surface area (TPSA) is 20.2 Å². The van der Waals surface area contributed by atoms with E-state index in [1.54, 1.807) is 0 Å². The van der Waals surface area contributed by atoms with Crippen molar-refractivity contribution in [2.24, 2.45) is 0 Å². The van der Waals surface area contributed by atoms with E-state index in [-0.39, 0.29) is 0 Å². The zero-order valence-electron chi connectivity index (χ0n) is 8.80. The van der Waals surface area contributed by atoms with Crippen LogP contribution in [0.1, 0.15) is 17.2 Å². The highest BCUT2D eigenvalue weighted by atomic mass is 16.3. The van der Waals surface area contributed by atoms with Crippen molar-refractivity contribution in [1.29, 1.82) is 0 Å². The SMILES string of the molecule is O[C@@H](C#Cc1ccccc1)c1ccccc1. The normalized spacial score (nSPS) is 11.3. The van der Waals surface area contributed by atoms with Gasteiger partial charge in [-0.25, -0.2) is 0 Å². The second-order valence-corrected chi connectivity index (χ2v) is 3.45. The summed E-state index contributed by atoms with van der Waals surface area (Å²) in [4.78, 5) is 0. The lowest BCUT2D eigenvalue weighted by Crippen LogP contribution is -1.92. The fourth-order valence-electron chi connectivity index (χ4n) is 1.39. The van der Waals surface area contributed by atoms with Crippen LogP contribution < -0.4 is 0 Å². The summed E-state index contributed by atoms with van der Waals surface area (Å²) in [7, 11) is 0. The molecule has 16 heavy (non-hydrogen) atoms. The van der Waals surface area contributed by atoms with Crippen molar-refractivity contribution in [3.05, 3.63) is 71.8 Å². The molecule has 0 heterocycles. The van der Waals surface area contributed by atoms with Gasteiger partial charge >= 0.3 is 0 Å². The minimum atomic E-state index is -0.721. The van der Waals surface area contributed by atoms with Gasteiger partial charge in [0.1, 0.15) is 6.10 Å². The van der Waals surface area contributed by atoms with Gasteiger partial charge in [-0.2, -0.15) is 0 Å². The lowest BCUT2D eigenvalue weighted by molar-refractivity contribution is 0.238. The van der Waals surface area contributed by atoms with E-state index in [0.29, 0.717) is 0 Å². The first-order valence-electron chi connectivity index (χ1n) is 5.16. The summed E-state index contributed by atoms with van der Waals surface area (Å²) in [5.41, 5.74) is 1.74. The van der Waals surface area contributed by atoms with Crippen LogP contribution in [0, 0.1) is 11.8 Å². The van der Waals surface area contributed by atoms with Gasteiger partial charge in [0.15, 0.2) is 0 Å². The molecule has 0 aromatic heterocycles. The first-order valence-corrected chi connectivity index (χ1v) is 5.16. The minimum absolute atomic E-state index is 0.721. The predicted octanol–water partition coefficient (Wildman–Crippen LogP) is 2.77. The summed E-state index contributed by atoms with van der Waals surface area (Å²) >= 11 is 0. The molecule has 2 aromatic rings. The van der Waals surface area contributed by atoms with E-state index in [0.717, 1.165) is 11.1 Å². The Labute approximate surface area is 95.4 Å². The van der Waals surface area contributed by atoms with Crippen molar-refractivity contribution >= 4 is 0 Å². The van der Waals surface area contributed by atoms with Crippen molar-refractivity contribution in [2.45, 2.75) is 6.10 Å². The van der Waals surface area contributed by atoms with Gasteiger partial charge < -0.3 is 5.11 Å². The zero-order chi connectivity index (χ0) is 11.2. The Hall–Kier alpha value is -2.04. The third-order valence-electron chi connectivity index (χ3n) is 2.24. The Morgan fingerprint density at radius 2 is 1.38 bits per heavy atom. The van der Waals surface area contributed by atoms with E-state index < -0.39 is 6.10 Å². The Bertz CT molecular complexity index is 491. The van der Waals surface area contributed by atoms with Gasteiger partial charge in [-0.15, -0.1) is 0 Å². The highest BCUT2D eigenvalue weighted by Crippen LogP contribution is 2.10. The molecule has 0 unspecified atom stereocenters. The van der Waals surface area contributed by atoms with Crippen LogP contribution in [0.2, 0.25) is 0 Å². The van der Waals surface area contributed by atoms with Crippen LogP contribution in [0.25, 0.3) is 0 Å². The Balaban J connectivity index is 2.15. The average Bonchev–Trinajstić information content (AvgIpc) is 2.38. The Morgan fingerprint density at radius 1 is 0.812 bits per heavy atom. The molecule has 0 aliphatic heterocycles. The number of hydrogen-bond donors (Lipinski definition) is 1. The van der Waals surface area contributed by atoms with Crippen LogP contribution in [0.4, 0.5) is 0 Å².